The Hall–Kier alpha value is -2.21. The number of carboxylic acids is 1. The molecule has 1 aromatic heterocycles. The zero-order valence-electron chi connectivity index (χ0n) is 10.5. The van der Waals surface area contributed by atoms with Gasteiger partial charge in [-0.1, -0.05) is 16.8 Å². The van der Waals surface area contributed by atoms with Gasteiger partial charge in [0.05, 0.1) is 5.02 Å². The third kappa shape index (κ3) is 1.98. The quantitative estimate of drug-likeness (QED) is 0.917. The second-order valence-corrected chi connectivity index (χ2v) is 4.67. The zero-order chi connectivity index (χ0) is 14.3. The maximum Gasteiger partial charge on any atom is 0.358 e. The molecule has 0 unspecified atom stereocenters. The highest BCUT2D eigenvalue weighted by molar-refractivity contribution is 6.32. The molecule has 0 aliphatic carbocycles. The van der Waals surface area contributed by atoms with E-state index in [1.54, 1.807) is 6.07 Å². The summed E-state index contributed by atoms with van der Waals surface area (Å²) in [4.78, 5) is 10.8. The molecule has 0 saturated carbocycles. The molecule has 1 aliphatic rings. The number of hydrogen-bond acceptors (Lipinski definition) is 5. The van der Waals surface area contributed by atoms with Gasteiger partial charge in [-0.25, -0.2) is 4.79 Å². The van der Waals surface area contributed by atoms with Crippen LogP contribution in [0.4, 0.5) is 0 Å². The molecule has 20 heavy (non-hydrogen) atoms. The highest BCUT2D eigenvalue weighted by atomic mass is 35.5. The van der Waals surface area contributed by atoms with E-state index in [0.29, 0.717) is 41.1 Å². The number of benzene rings is 1. The first kappa shape index (κ1) is 12.8. The van der Waals surface area contributed by atoms with Gasteiger partial charge in [0.25, 0.3) is 0 Å². The van der Waals surface area contributed by atoms with Crippen LogP contribution in [0.3, 0.4) is 0 Å². The van der Waals surface area contributed by atoms with E-state index in [9.17, 15) is 4.79 Å². The lowest BCUT2D eigenvalue weighted by Gasteiger charge is -2.22. The molecule has 2 aromatic rings. The van der Waals surface area contributed by atoms with E-state index >= 15 is 0 Å². The van der Waals surface area contributed by atoms with Gasteiger partial charge >= 0.3 is 5.97 Å². The van der Waals surface area contributed by atoms with Crippen molar-refractivity contribution in [2.75, 3.05) is 13.2 Å². The summed E-state index contributed by atoms with van der Waals surface area (Å²) in [6.45, 7) is 2.70. The summed E-state index contributed by atoms with van der Waals surface area (Å²) in [5.74, 6) is 0.212. The number of fused-ring (bicyclic) bond motifs is 1. The first-order chi connectivity index (χ1) is 9.58. The number of aromatic carboxylic acids is 1. The Kier molecular flexibility index (Phi) is 3.02. The van der Waals surface area contributed by atoms with Crippen molar-refractivity contribution in [1.29, 1.82) is 0 Å². The van der Waals surface area contributed by atoms with Crippen molar-refractivity contribution in [2.45, 2.75) is 6.92 Å². The van der Waals surface area contributed by atoms with E-state index in [0.717, 1.165) is 5.56 Å². The molecule has 1 aliphatic heterocycles. The van der Waals surface area contributed by atoms with Gasteiger partial charge in [-0.2, -0.15) is 0 Å². The zero-order valence-corrected chi connectivity index (χ0v) is 11.2. The summed E-state index contributed by atoms with van der Waals surface area (Å²) in [7, 11) is 0. The number of carboxylic acid groups (broad SMARTS) is 1. The molecular formula is C13H10ClNO5. The fourth-order valence-electron chi connectivity index (χ4n) is 2.06. The molecule has 0 radical (unpaired) electrons. The van der Waals surface area contributed by atoms with Crippen molar-refractivity contribution in [3.8, 4) is 22.8 Å². The van der Waals surface area contributed by atoms with Crippen molar-refractivity contribution in [2.24, 2.45) is 0 Å². The third-order valence-corrected chi connectivity index (χ3v) is 3.29. The molecule has 3 rings (SSSR count). The van der Waals surface area contributed by atoms with Crippen LogP contribution in [-0.4, -0.2) is 29.4 Å². The minimum Gasteiger partial charge on any atom is -0.486 e. The summed E-state index contributed by atoms with van der Waals surface area (Å²) in [6, 6.07) is 2.99. The Balaban J connectivity index is 2.13. The number of hydrogen-bond donors (Lipinski definition) is 1. The topological polar surface area (TPSA) is 81.8 Å². The van der Waals surface area contributed by atoms with Crippen LogP contribution < -0.4 is 9.47 Å². The second-order valence-electron chi connectivity index (χ2n) is 4.27. The summed E-state index contributed by atoms with van der Waals surface area (Å²) >= 11 is 6.16. The molecule has 0 bridgehead atoms. The number of halogens is 1. The van der Waals surface area contributed by atoms with E-state index in [4.69, 9.17) is 30.7 Å². The van der Waals surface area contributed by atoms with Crippen LogP contribution in [0, 0.1) is 6.92 Å². The monoisotopic (exact) mass is 295 g/mol. The van der Waals surface area contributed by atoms with Gasteiger partial charge in [-0.05, 0) is 13.0 Å². The van der Waals surface area contributed by atoms with Gasteiger partial charge in [-0.15, -0.1) is 0 Å². The first-order valence-electron chi connectivity index (χ1n) is 5.87. The average Bonchev–Trinajstić information content (AvgIpc) is 2.93. The first-order valence-corrected chi connectivity index (χ1v) is 6.25. The summed E-state index contributed by atoms with van der Waals surface area (Å²) < 4.78 is 16.1. The number of aromatic nitrogens is 1. The summed E-state index contributed by atoms with van der Waals surface area (Å²) in [5.41, 5.74) is 1.22. The maximum absolute atomic E-state index is 10.8. The Labute approximate surface area is 118 Å². The standard InChI is InChI=1S/C13H10ClNO5/c1-6-7(10-5-9(13(16)17)15-20-10)4-8(14)12-11(6)18-2-3-19-12/h4-5H,2-3H2,1H3,(H,16,17). The molecule has 0 amide bonds. The molecule has 7 heteroatoms. The van der Waals surface area contributed by atoms with E-state index < -0.39 is 5.97 Å². The predicted octanol–water partition coefficient (Wildman–Crippen LogP) is 2.77. The van der Waals surface area contributed by atoms with Gasteiger partial charge in [-0.3, -0.25) is 0 Å². The molecular weight excluding hydrogens is 286 g/mol. The molecule has 0 fully saturated rings. The van der Waals surface area contributed by atoms with Crippen LogP contribution in [0.15, 0.2) is 16.7 Å². The van der Waals surface area contributed by atoms with Crippen molar-refractivity contribution in [1.82, 2.24) is 5.16 Å². The molecule has 1 aromatic carbocycles. The normalized spacial score (nSPS) is 13.3. The number of rotatable bonds is 2. The highest BCUT2D eigenvalue weighted by Gasteiger charge is 2.23. The smallest absolute Gasteiger partial charge is 0.358 e. The average molecular weight is 296 g/mol. The molecule has 6 nitrogen and oxygen atoms in total. The molecule has 0 saturated heterocycles. The fourth-order valence-corrected chi connectivity index (χ4v) is 2.31. The van der Waals surface area contributed by atoms with Gasteiger partial charge in [0.2, 0.25) is 0 Å². The lowest BCUT2D eigenvalue weighted by atomic mass is 10.0. The van der Waals surface area contributed by atoms with Crippen LogP contribution in [0.5, 0.6) is 11.5 Å². The van der Waals surface area contributed by atoms with Gasteiger partial charge in [0.1, 0.15) is 13.2 Å². The SMILES string of the molecule is Cc1c(-c2cc(C(=O)O)no2)cc(Cl)c2c1OCCO2. The van der Waals surface area contributed by atoms with Crippen molar-refractivity contribution in [3.05, 3.63) is 28.4 Å². The number of nitrogens with zero attached hydrogens (tertiary/aromatic N) is 1. The highest BCUT2D eigenvalue weighted by Crippen LogP contribution is 2.44. The largest absolute Gasteiger partial charge is 0.486 e. The lowest BCUT2D eigenvalue weighted by molar-refractivity contribution is 0.0686. The summed E-state index contributed by atoms with van der Waals surface area (Å²) in [6.07, 6.45) is 0. The van der Waals surface area contributed by atoms with Crippen LogP contribution in [0.25, 0.3) is 11.3 Å². The third-order valence-electron chi connectivity index (χ3n) is 3.01. The van der Waals surface area contributed by atoms with Crippen LogP contribution >= 0.6 is 11.6 Å². The maximum atomic E-state index is 10.8. The van der Waals surface area contributed by atoms with E-state index in [1.165, 1.54) is 6.07 Å². The molecule has 1 N–H and O–H groups in total. The van der Waals surface area contributed by atoms with Gasteiger partial charge in [0.15, 0.2) is 23.0 Å². The minimum atomic E-state index is -1.15. The van der Waals surface area contributed by atoms with Crippen LogP contribution in [0.2, 0.25) is 5.02 Å². The van der Waals surface area contributed by atoms with Crippen molar-refractivity contribution >= 4 is 17.6 Å². The predicted molar refractivity (Wildman–Crippen MR) is 69.6 cm³/mol. The van der Waals surface area contributed by atoms with E-state index in [1.807, 2.05) is 6.92 Å². The van der Waals surface area contributed by atoms with Crippen LogP contribution in [0.1, 0.15) is 16.1 Å². The molecule has 104 valence electrons. The molecule has 0 spiro atoms. The Bertz CT molecular complexity index is 694. The summed E-state index contributed by atoms with van der Waals surface area (Å²) in [5, 5.41) is 12.7. The molecule has 2 heterocycles. The lowest BCUT2D eigenvalue weighted by Crippen LogP contribution is -2.16. The Morgan fingerprint density at radius 3 is 2.65 bits per heavy atom. The minimum absolute atomic E-state index is 0.162. The van der Waals surface area contributed by atoms with Gasteiger partial charge < -0.3 is 19.1 Å². The Morgan fingerprint density at radius 1 is 1.30 bits per heavy atom. The molecule has 0 atom stereocenters. The van der Waals surface area contributed by atoms with Gasteiger partial charge in [0, 0.05) is 17.2 Å². The second kappa shape index (κ2) is 4.72. The van der Waals surface area contributed by atoms with Crippen molar-refractivity contribution in [3.63, 3.8) is 0 Å². The van der Waals surface area contributed by atoms with Crippen LogP contribution in [-0.2, 0) is 0 Å². The number of carbonyl (C=O) groups is 1. The fraction of sp³-hybridized carbons (Fsp3) is 0.231. The Morgan fingerprint density at radius 2 is 2.00 bits per heavy atom. The van der Waals surface area contributed by atoms with E-state index in [-0.39, 0.29) is 5.69 Å². The van der Waals surface area contributed by atoms with E-state index in [2.05, 4.69) is 5.16 Å². The number of ether oxygens (including phenoxy) is 2. The van der Waals surface area contributed by atoms with Crippen molar-refractivity contribution < 1.29 is 23.9 Å².